The molecule has 0 radical (unpaired) electrons. The lowest BCUT2D eigenvalue weighted by Gasteiger charge is -2.40. The Kier molecular flexibility index (Phi) is 7.51. The maximum Gasteiger partial charge on any atom is 0.317 e. The summed E-state index contributed by atoms with van der Waals surface area (Å²) in [4.78, 5) is 12.5. The molecule has 0 spiro atoms. The van der Waals surface area contributed by atoms with E-state index >= 15 is 0 Å². The summed E-state index contributed by atoms with van der Waals surface area (Å²) in [5.74, 6) is 1.56. The largest absolute Gasteiger partial charge is 0.383 e. The van der Waals surface area contributed by atoms with Gasteiger partial charge in [-0.1, -0.05) is 0 Å². The first-order valence-corrected chi connectivity index (χ1v) is 10.2. The molecule has 6 atom stereocenters. The minimum atomic E-state index is -0.228. The average molecular weight is 369 g/mol. The zero-order valence-electron chi connectivity index (χ0n) is 16.1. The van der Waals surface area contributed by atoms with E-state index in [4.69, 9.17) is 4.74 Å². The lowest BCUT2D eigenvalue weighted by molar-refractivity contribution is 0.149. The van der Waals surface area contributed by atoms with Gasteiger partial charge in [-0.15, -0.1) is 0 Å². The second-order valence-electron chi connectivity index (χ2n) is 8.04. The second-order valence-corrected chi connectivity index (χ2v) is 8.04. The number of methoxy groups -OCH3 is 1. The molecule has 2 saturated heterocycles. The number of amides is 2. The zero-order valence-corrected chi connectivity index (χ0v) is 16.1. The molecule has 2 amide bonds. The highest BCUT2D eigenvalue weighted by atomic mass is 16.5. The first-order valence-electron chi connectivity index (χ1n) is 10.2. The Hall–Kier alpha value is -0.930. The van der Waals surface area contributed by atoms with Crippen molar-refractivity contribution in [3.63, 3.8) is 0 Å². The number of fused-ring (bicyclic) bond motifs is 1. The Morgan fingerprint density at radius 3 is 2.85 bits per heavy atom. The minimum Gasteiger partial charge on any atom is -0.383 e. The molecule has 6 unspecified atom stereocenters. The van der Waals surface area contributed by atoms with Crippen LogP contribution in [0.2, 0.25) is 0 Å². The van der Waals surface area contributed by atoms with Gasteiger partial charge in [0.2, 0.25) is 0 Å². The Morgan fingerprint density at radius 2 is 2.00 bits per heavy atom. The van der Waals surface area contributed by atoms with Crippen LogP contribution in [0.5, 0.6) is 0 Å². The first-order chi connectivity index (χ1) is 12.6. The lowest BCUT2D eigenvalue weighted by Crippen LogP contribution is -2.68. The maximum atomic E-state index is 12.5. The summed E-state index contributed by atoms with van der Waals surface area (Å²) in [6.07, 6.45) is 5.55. The first kappa shape index (κ1) is 19.8. The molecule has 8 heteroatoms. The van der Waals surface area contributed by atoms with Crippen LogP contribution in [0.3, 0.4) is 0 Å². The quantitative estimate of drug-likeness (QED) is 0.366. The van der Waals surface area contributed by atoms with Gasteiger partial charge < -0.3 is 20.7 Å². The molecule has 3 fully saturated rings. The molecule has 1 aliphatic carbocycles. The molecular weight excluding hydrogens is 332 g/mol. The molecule has 0 aromatic heterocycles. The molecule has 26 heavy (non-hydrogen) atoms. The fourth-order valence-electron chi connectivity index (χ4n) is 4.60. The van der Waals surface area contributed by atoms with Crippen LogP contribution in [0.4, 0.5) is 4.79 Å². The predicted octanol–water partition coefficient (Wildman–Crippen LogP) is -0.119. The molecule has 0 bridgehead atoms. The van der Waals surface area contributed by atoms with E-state index in [0.717, 1.165) is 50.7 Å². The fraction of sp³-hybridized carbons (Fsp3) is 0.944. The highest BCUT2D eigenvalue weighted by Crippen LogP contribution is 2.33. The van der Waals surface area contributed by atoms with E-state index in [1.807, 2.05) is 0 Å². The van der Waals surface area contributed by atoms with Gasteiger partial charge in [-0.05, 0) is 64.0 Å². The molecule has 1 saturated carbocycles. The van der Waals surface area contributed by atoms with Crippen molar-refractivity contribution in [2.45, 2.75) is 63.6 Å². The van der Waals surface area contributed by atoms with Crippen molar-refractivity contribution in [2.75, 3.05) is 33.4 Å². The van der Waals surface area contributed by atoms with Crippen LogP contribution >= 0.6 is 0 Å². The summed E-state index contributed by atoms with van der Waals surface area (Å²) >= 11 is 0. The number of piperidine rings is 1. The predicted molar refractivity (Wildman–Crippen MR) is 102 cm³/mol. The molecular formula is C18H36N6O2. The van der Waals surface area contributed by atoms with E-state index < -0.39 is 0 Å². The molecule has 3 rings (SSSR count). The van der Waals surface area contributed by atoms with E-state index in [1.54, 1.807) is 7.11 Å². The van der Waals surface area contributed by atoms with Gasteiger partial charge in [0.1, 0.15) is 6.29 Å². The second kappa shape index (κ2) is 9.85. The molecule has 8 nitrogen and oxygen atoms in total. The third-order valence-corrected chi connectivity index (χ3v) is 5.95. The maximum absolute atomic E-state index is 12.5. The van der Waals surface area contributed by atoms with Crippen LogP contribution in [0, 0.1) is 11.8 Å². The molecule has 150 valence electrons. The topological polar surface area (TPSA) is 98.5 Å². The third kappa shape index (κ3) is 5.79. The number of carbonyl (C=O) groups is 1. The van der Waals surface area contributed by atoms with Crippen LogP contribution < -0.4 is 31.9 Å². The monoisotopic (exact) mass is 368 g/mol. The molecule has 3 aliphatic rings. The van der Waals surface area contributed by atoms with Crippen LogP contribution in [0.15, 0.2) is 0 Å². The summed E-state index contributed by atoms with van der Waals surface area (Å²) < 4.78 is 5.08. The van der Waals surface area contributed by atoms with Crippen LogP contribution in [0.1, 0.15) is 39.0 Å². The van der Waals surface area contributed by atoms with Gasteiger partial charge in [0, 0.05) is 25.7 Å². The number of nitrogens with one attached hydrogen (secondary N) is 6. The number of hydrogen-bond donors (Lipinski definition) is 6. The molecule has 0 aromatic carbocycles. The highest BCUT2D eigenvalue weighted by Gasteiger charge is 2.33. The normalized spacial score (nSPS) is 37.6. The SMILES string of the molecule is COCCNC1CC(C)NC(NC(=O)NC2CCC3CNCCC3C2)N1. The van der Waals surface area contributed by atoms with Gasteiger partial charge in [-0.3, -0.25) is 16.0 Å². The van der Waals surface area contributed by atoms with Gasteiger partial charge in [-0.25, -0.2) is 4.79 Å². The Morgan fingerprint density at radius 1 is 1.12 bits per heavy atom. The van der Waals surface area contributed by atoms with Crippen molar-refractivity contribution >= 4 is 6.03 Å². The summed E-state index contributed by atoms with van der Waals surface area (Å²) in [6.45, 7) is 5.87. The van der Waals surface area contributed by atoms with Crippen molar-refractivity contribution in [2.24, 2.45) is 11.8 Å². The smallest absolute Gasteiger partial charge is 0.317 e. The van der Waals surface area contributed by atoms with Crippen molar-refractivity contribution in [1.82, 2.24) is 31.9 Å². The van der Waals surface area contributed by atoms with Crippen LogP contribution in [-0.4, -0.2) is 63.9 Å². The molecule has 2 aliphatic heterocycles. The van der Waals surface area contributed by atoms with E-state index in [2.05, 4.69) is 38.8 Å². The standard InChI is InChI=1S/C18H36N6O2/c1-12-9-16(20-7-8-26-2)23-17(21-12)24-18(25)22-15-4-3-14-11-19-6-5-13(14)10-15/h12-17,19-21,23H,3-11H2,1-2H3,(H2,22,24,25). The van der Waals surface area contributed by atoms with Crippen molar-refractivity contribution < 1.29 is 9.53 Å². The van der Waals surface area contributed by atoms with E-state index in [0.29, 0.717) is 18.7 Å². The summed E-state index contributed by atoms with van der Waals surface area (Å²) in [5, 5.41) is 19.9. The van der Waals surface area contributed by atoms with Gasteiger partial charge >= 0.3 is 6.03 Å². The van der Waals surface area contributed by atoms with Crippen molar-refractivity contribution in [1.29, 1.82) is 0 Å². The van der Waals surface area contributed by atoms with E-state index in [9.17, 15) is 4.79 Å². The Labute approximate surface area is 157 Å². The van der Waals surface area contributed by atoms with Crippen molar-refractivity contribution in [3.8, 4) is 0 Å². The number of rotatable bonds is 6. The minimum absolute atomic E-state index is 0.0860. The molecule has 2 heterocycles. The highest BCUT2D eigenvalue weighted by molar-refractivity contribution is 5.74. The van der Waals surface area contributed by atoms with E-state index in [-0.39, 0.29) is 18.5 Å². The Bertz CT molecular complexity index is 451. The zero-order chi connectivity index (χ0) is 18.4. The number of urea groups is 1. The lowest BCUT2D eigenvalue weighted by atomic mass is 9.73. The number of carbonyl (C=O) groups excluding carboxylic acids is 1. The van der Waals surface area contributed by atoms with Gasteiger partial charge in [-0.2, -0.15) is 0 Å². The van der Waals surface area contributed by atoms with Crippen LogP contribution in [-0.2, 0) is 4.74 Å². The van der Waals surface area contributed by atoms with E-state index in [1.165, 1.54) is 12.8 Å². The number of hydrogen-bond acceptors (Lipinski definition) is 6. The summed E-state index contributed by atoms with van der Waals surface area (Å²) in [7, 11) is 1.70. The van der Waals surface area contributed by atoms with Gasteiger partial charge in [0.05, 0.1) is 12.8 Å². The number of ether oxygens (including phenoxy) is 1. The fourth-order valence-corrected chi connectivity index (χ4v) is 4.60. The Balaban J connectivity index is 1.40. The average Bonchev–Trinajstić information content (AvgIpc) is 2.61. The molecule has 0 aromatic rings. The van der Waals surface area contributed by atoms with Gasteiger partial charge in [0.15, 0.2) is 0 Å². The van der Waals surface area contributed by atoms with Gasteiger partial charge in [0.25, 0.3) is 0 Å². The van der Waals surface area contributed by atoms with Crippen molar-refractivity contribution in [3.05, 3.63) is 0 Å². The summed E-state index contributed by atoms with van der Waals surface area (Å²) in [6, 6.07) is 0.537. The summed E-state index contributed by atoms with van der Waals surface area (Å²) in [5.41, 5.74) is 0. The molecule has 6 N–H and O–H groups in total. The van der Waals surface area contributed by atoms with Crippen LogP contribution in [0.25, 0.3) is 0 Å². The third-order valence-electron chi connectivity index (χ3n) is 5.95.